The number of nitrogens with two attached hydrogens (primary N) is 1. The summed E-state index contributed by atoms with van der Waals surface area (Å²) in [6, 6.07) is 1.82. The Morgan fingerprint density at radius 3 is 2.80 bits per heavy atom. The third-order valence-electron chi connectivity index (χ3n) is 2.17. The number of hydrogen-bond donors (Lipinski definition) is 2. The fourth-order valence-corrected chi connectivity index (χ4v) is 1.41. The van der Waals surface area contributed by atoms with Crippen molar-refractivity contribution in [2.75, 3.05) is 13.1 Å². The fraction of sp³-hybridized carbons (Fsp3) is 0.600. The highest BCUT2D eigenvalue weighted by Gasteiger charge is 2.13. The van der Waals surface area contributed by atoms with Gasteiger partial charge in [0.05, 0.1) is 0 Å². The van der Waals surface area contributed by atoms with Gasteiger partial charge in [0, 0.05) is 25.8 Å². The second kappa shape index (κ2) is 4.93. The summed E-state index contributed by atoms with van der Waals surface area (Å²) < 4.78 is 1.74. The van der Waals surface area contributed by atoms with E-state index >= 15 is 0 Å². The predicted octanol–water partition coefficient (Wildman–Crippen LogP) is 0.232. The first kappa shape index (κ1) is 11.7. The average Bonchev–Trinajstić information content (AvgIpc) is 2.56. The fourth-order valence-electron chi connectivity index (χ4n) is 1.41. The van der Waals surface area contributed by atoms with Crippen molar-refractivity contribution in [1.29, 1.82) is 0 Å². The van der Waals surface area contributed by atoms with Crippen LogP contribution in [-0.2, 0) is 7.05 Å². The molecule has 3 N–H and O–H groups in total. The molecule has 0 atom stereocenters. The minimum atomic E-state index is -0.164. The summed E-state index contributed by atoms with van der Waals surface area (Å²) >= 11 is 0. The van der Waals surface area contributed by atoms with Gasteiger partial charge in [0.1, 0.15) is 5.69 Å². The SMILES string of the molecule is CC(C)c1cc(C(=O)NCCN)nn1C. The van der Waals surface area contributed by atoms with Gasteiger partial charge in [0.2, 0.25) is 0 Å². The lowest BCUT2D eigenvalue weighted by atomic mass is 10.1. The molecule has 0 bridgehead atoms. The van der Waals surface area contributed by atoms with Crippen LogP contribution >= 0.6 is 0 Å². The van der Waals surface area contributed by atoms with Crippen molar-refractivity contribution in [2.45, 2.75) is 19.8 Å². The van der Waals surface area contributed by atoms with E-state index < -0.39 is 0 Å². The summed E-state index contributed by atoms with van der Waals surface area (Å²) in [6.07, 6.45) is 0. The zero-order chi connectivity index (χ0) is 11.4. The summed E-state index contributed by atoms with van der Waals surface area (Å²) in [6.45, 7) is 5.05. The molecule has 1 aromatic rings. The molecule has 15 heavy (non-hydrogen) atoms. The molecule has 1 aromatic heterocycles. The maximum Gasteiger partial charge on any atom is 0.271 e. The van der Waals surface area contributed by atoms with E-state index in [2.05, 4.69) is 24.3 Å². The zero-order valence-electron chi connectivity index (χ0n) is 9.45. The molecule has 1 heterocycles. The topological polar surface area (TPSA) is 72.9 Å². The van der Waals surface area contributed by atoms with E-state index in [1.54, 1.807) is 4.68 Å². The van der Waals surface area contributed by atoms with Crippen LogP contribution in [0, 0.1) is 0 Å². The molecular formula is C10H18N4O. The molecule has 5 heteroatoms. The van der Waals surface area contributed by atoms with Crippen molar-refractivity contribution in [2.24, 2.45) is 12.8 Å². The lowest BCUT2D eigenvalue weighted by Crippen LogP contribution is -2.29. The first-order valence-corrected chi connectivity index (χ1v) is 5.08. The van der Waals surface area contributed by atoms with Crippen LogP contribution < -0.4 is 11.1 Å². The van der Waals surface area contributed by atoms with E-state index in [1.807, 2.05) is 13.1 Å². The van der Waals surface area contributed by atoms with E-state index in [4.69, 9.17) is 5.73 Å². The van der Waals surface area contributed by atoms with E-state index in [0.29, 0.717) is 24.7 Å². The number of hydrogen-bond acceptors (Lipinski definition) is 3. The Kier molecular flexibility index (Phi) is 3.85. The van der Waals surface area contributed by atoms with E-state index in [0.717, 1.165) is 5.69 Å². The normalized spacial score (nSPS) is 10.7. The number of nitrogens with zero attached hydrogens (tertiary/aromatic N) is 2. The molecule has 0 saturated heterocycles. The highest BCUT2D eigenvalue weighted by molar-refractivity contribution is 5.92. The number of aryl methyl sites for hydroxylation is 1. The molecule has 0 aliphatic carbocycles. The molecule has 0 aliphatic heterocycles. The Morgan fingerprint density at radius 2 is 2.33 bits per heavy atom. The lowest BCUT2D eigenvalue weighted by Gasteiger charge is -2.02. The van der Waals surface area contributed by atoms with Crippen LogP contribution in [0.3, 0.4) is 0 Å². The molecule has 5 nitrogen and oxygen atoms in total. The van der Waals surface area contributed by atoms with Crippen LogP contribution in [0.25, 0.3) is 0 Å². The van der Waals surface area contributed by atoms with Crippen molar-refractivity contribution in [3.8, 4) is 0 Å². The standard InChI is InChI=1S/C10H18N4O/c1-7(2)9-6-8(13-14(9)3)10(15)12-5-4-11/h6-7H,4-5,11H2,1-3H3,(H,12,15). The molecule has 0 fully saturated rings. The van der Waals surface area contributed by atoms with Crippen molar-refractivity contribution in [1.82, 2.24) is 15.1 Å². The molecule has 1 amide bonds. The highest BCUT2D eigenvalue weighted by Crippen LogP contribution is 2.14. The maximum atomic E-state index is 11.5. The summed E-state index contributed by atoms with van der Waals surface area (Å²) in [5.41, 5.74) is 6.80. The third-order valence-corrected chi connectivity index (χ3v) is 2.17. The number of nitrogens with one attached hydrogen (secondary N) is 1. The Balaban J connectivity index is 2.78. The van der Waals surface area contributed by atoms with Gasteiger partial charge in [0.15, 0.2) is 0 Å². The molecular weight excluding hydrogens is 192 g/mol. The third kappa shape index (κ3) is 2.79. The van der Waals surface area contributed by atoms with Gasteiger partial charge in [-0.05, 0) is 12.0 Å². The minimum Gasteiger partial charge on any atom is -0.349 e. The quantitative estimate of drug-likeness (QED) is 0.747. The van der Waals surface area contributed by atoms with Crippen molar-refractivity contribution in [3.05, 3.63) is 17.5 Å². The Bertz CT molecular complexity index is 343. The molecule has 0 radical (unpaired) electrons. The van der Waals surface area contributed by atoms with Crippen molar-refractivity contribution >= 4 is 5.91 Å². The second-order valence-corrected chi connectivity index (χ2v) is 3.78. The van der Waals surface area contributed by atoms with E-state index in [-0.39, 0.29) is 5.91 Å². The van der Waals surface area contributed by atoms with Gasteiger partial charge in [-0.15, -0.1) is 0 Å². The molecule has 0 spiro atoms. The molecule has 84 valence electrons. The summed E-state index contributed by atoms with van der Waals surface area (Å²) in [4.78, 5) is 11.5. The molecule has 0 unspecified atom stereocenters. The molecule has 0 aromatic carbocycles. The van der Waals surface area contributed by atoms with Crippen LogP contribution in [0.4, 0.5) is 0 Å². The number of carbonyl (C=O) groups is 1. The smallest absolute Gasteiger partial charge is 0.271 e. The number of amides is 1. The molecule has 1 rings (SSSR count). The van der Waals surface area contributed by atoms with Gasteiger partial charge in [-0.2, -0.15) is 5.10 Å². The maximum absolute atomic E-state index is 11.5. The highest BCUT2D eigenvalue weighted by atomic mass is 16.1. The minimum absolute atomic E-state index is 0.164. The summed E-state index contributed by atoms with van der Waals surface area (Å²) in [5, 5.41) is 6.84. The van der Waals surface area contributed by atoms with Crippen LogP contribution in [-0.4, -0.2) is 28.8 Å². The lowest BCUT2D eigenvalue weighted by molar-refractivity contribution is 0.0949. The monoisotopic (exact) mass is 210 g/mol. The largest absolute Gasteiger partial charge is 0.349 e. The molecule has 0 aliphatic rings. The predicted molar refractivity (Wildman–Crippen MR) is 58.7 cm³/mol. The van der Waals surface area contributed by atoms with Gasteiger partial charge >= 0.3 is 0 Å². The van der Waals surface area contributed by atoms with E-state index in [9.17, 15) is 4.79 Å². The Morgan fingerprint density at radius 1 is 1.67 bits per heavy atom. The van der Waals surface area contributed by atoms with E-state index in [1.165, 1.54) is 0 Å². The van der Waals surface area contributed by atoms with Crippen molar-refractivity contribution < 1.29 is 4.79 Å². The van der Waals surface area contributed by atoms with Gasteiger partial charge in [-0.25, -0.2) is 0 Å². The van der Waals surface area contributed by atoms with Crippen molar-refractivity contribution in [3.63, 3.8) is 0 Å². The Labute approximate surface area is 89.6 Å². The number of carbonyl (C=O) groups excluding carboxylic acids is 1. The molecule has 0 saturated carbocycles. The van der Waals surface area contributed by atoms with Gasteiger partial charge in [-0.1, -0.05) is 13.8 Å². The number of aromatic nitrogens is 2. The van der Waals surface area contributed by atoms with Gasteiger partial charge in [0.25, 0.3) is 5.91 Å². The van der Waals surface area contributed by atoms with Crippen LogP contribution in [0.2, 0.25) is 0 Å². The first-order valence-electron chi connectivity index (χ1n) is 5.08. The summed E-state index contributed by atoms with van der Waals surface area (Å²) in [5.74, 6) is 0.196. The Hall–Kier alpha value is -1.36. The van der Waals surface area contributed by atoms with Crippen LogP contribution in [0.5, 0.6) is 0 Å². The summed E-state index contributed by atoms with van der Waals surface area (Å²) in [7, 11) is 1.84. The number of rotatable bonds is 4. The first-order chi connectivity index (χ1) is 7.06. The van der Waals surface area contributed by atoms with Gasteiger partial charge in [-0.3, -0.25) is 9.48 Å². The second-order valence-electron chi connectivity index (χ2n) is 3.78. The van der Waals surface area contributed by atoms with Crippen LogP contribution in [0.15, 0.2) is 6.07 Å². The van der Waals surface area contributed by atoms with Crippen LogP contribution in [0.1, 0.15) is 35.9 Å². The average molecular weight is 210 g/mol. The zero-order valence-corrected chi connectivity index (χ0v) is 9.45. The van der Waals surface area contributed by atoms with Gasteiger partial charge < -0.3 is 11.1 Å².